The van der Waals surface area contributed by atoms with Gasteiger partial charge in [-0.3, -0.25) is 0 Å². The lowest BCUT2D eigenvalue weighted by Crippen LogP contribution is -2.17. The Balaban J connectivity index is 1.70. The Morgan fingerprint density at radius 3 is 2.68 bits per heavy atom. The molecule has 4 rings (SSSR count). The molecule has 1 aliphatic rings. The fourth-order valence-corrected chi connectivity index (χ4v) is 3.54. The molecule has 0 saturated carbocycles. The zero-order valence-electron chi connectivity index (χ0n) is 16.0. The van der Waals surface area contributed by atoms with Crippen LogP contribution in [0.25, 0.3) is 22.7 Å². The maximum absolute atomic E-state index is 9.71. The molecule has 2 aromatic carbocycles. The summed E-state index contributed by atoms with van der Waals surface area (Å²) in [5.74, 6) is 2.01. The molecule has 0 amide bonds. The number of aromatic nitrogens is 2. The second-order valence-corrected chi connectivity index (χ2v) is 6.76. The van der Waals surface area contributed by atoms with Crippen molar-refractivity contribution in [2.24, 2.45) is 0 Å². The number of ether oxygens (including phenoxy) is 2. The van der Waals surface area contributed by atoms with E-state index in [1.54, 1.807) is 14.2 Å². The fourth-order valence-electron chi connectivity index (χ4n) is 3.54. The first kappa shape index (κ1) is 17.9. The molecule has 28 heavy (non-hydrogen) atoms. The fraction of sp³-hybridized carbons (Fsp3) is 0.273. The number of hydrogen-bond donors (Lipinski definition) is 1. The molecule has 0 aliphatic carbocycles. The third-order valence-corrected chi connectivity index (χ3v) is 5.05. The number of methoxy groups -OCH3 is 2. The molecular weight excluding hydrogens is 352 g/mol. The Morgan fingerprint density at radius 1 is 1.14 bits per heavy atom. The lowest BCUT2D eigenvalue weighted by molar-refractivity contribution is 0.414. The SMILES string of the molecule is COc1ccc2nc(/C(C#N)=C\c3ccc(N4CCCC4)cc3OC)[nH]c2c1. The van der Waals surface area contributed by atoms with Crippen molar-refractivity contribution in [3.8, 4) is 17.6 Å². The molecule has 1 aliphatic heterocycles. The molecule has 3 aromatic rings. The van der Waals surface area contributed by atoms with Crippen molar-refractivity contribution in [3.63, 3.8) is 0 Å². The summed E-state index contributed by atoms with van der Waals surface area (Å²) < 4.78 is 10.8. The van der Waals surface area contributed by atoms with Crippen LogP contribution in [0.15, 0.2) is 36.4 Å². The molecule has 0 radical (unpaired) electrons. The van der Waals surface area contributed by atoms with E-state index in [1.165, 1.54) is 12.8 Å². The summed E-state index contributed by atoms with van der Waals surface area (Å²) in [6.07, 6.45) is 4.25. The van der Waals surface area contributed by atoms with Crippen molar-refractivity contribution in [1.82, 2.24) is 9.97 Å². The summed E-state index contributed by atoms with van der Waals surface area (Å²) in [5.41, 5.74) is 4.06. The van der Waals surface area contributed by atoms with Gasteiger partial charge in [0.05, 0.1) is 30.8 Å². The van der Waals surface area contributed by atoms with Crippen LogP contribution < -0.4 is 14.4 Å². The zero-order valence-corrected chi connectivity index (χ0v) is 16.0. The molecule has 0 atom stereocenters. The van der Waals surface area contributed by atoms with Crippen molar-refractivity contribution >= 4 is 28.4 Å². The lowest BCUT2D eigenvalue weighted by Gasteiger charge is -2.19. The zero-order chi connectivity index (χ0) is 19.5. The number of nitrogens with one attached hydrogen (secondary N) is 1. The van der Waals surface area contributed by atoms with Crippen LogP contribution in [0, 0.1) is 11.3 Å². The van der Waals surface area contributed by atoms with Gasteiger partial charge in [-0.15, -0.1) is 0 Å². The summed E-state index contributed by atoms with van der Waals surface area (Å²) in [7, 11) is 3.27. The van der Waals surface area contributed by atoms with Gasteiger partial charge in [-0.25, -0.2) is 4.98 Å². The highest BCUT2D eigenvalue weighted by Crippen LogP contribution is 2.31. The standard InChI is InChI=1S/C22H22N4O2/c1-27-18-7-8-19-20(13-18)25-22(24-19)16(14-23)11-15-5-6-17(12-21(15)28-2)26-9-3-4-10-26/h5-8,11-13H,3-4,9-10H2,1-2H3,(H,24,25)/b16-11-. The molecule has 1 fully saturated rings. The average molecular weight is 374 g/mol. The number of allylic oxidation sites excluding steroid dienone is 1. The summed E-state index contributed by atoms with van der Waals surface area (Å²) in [4.78, 5) is 10.1. The molecule has 0 unspecified atom stereocenters. The highest BCUT2D eigenvalue weighted by atomic mass is 16.5. The van der Waals surface area contributed by atoms with Crippen LogP contribution in [0.4, 0.5) is 5.69 Å². The van der Waals surface area contributed by atoms with E-state index in [-0.39, 0.29) is 0 Å². The number of anilines is 1. The first-order chi connectivity index (χ1) is 13.7. The molecule has 1 N–H and O–H groups in total. The molecule has 1 aromatic heterocycles. The Kier molecular flexibility index (Phi) is 4.90. The van der Waals surface area contributed by atoms with Gasteiger partial charge in [-0.05, 0) is 43.2 Å². The van der Waals surface area contributed by atoms with Crippen LogP contribution in [-0.2, 0) is 0 Å². The van der Waals surface area contributed by atoms with Gasteiger partial charge in [0.1, 0.15) is 23.4 Å². The smallest absolute Gasteiger partial charge is 0.149 e. The monoisotopic (exact) mass is 374 g/mol. The minimum Gasteiger partial charge on any atom is -0.497 e. The molecule has 6 heteroatoms. The third-order valence-electron chi connectivity index (χ3n) is 5.05. The van der Waals surface area contributed by atoms with E-state index in [0.717, 1.165) is 46.9 Å². The number of rotatable bonds is 5. The quantitative estimate of drug-likeness (QED) is 0.676. The number of hydrogen-bond acceptors (Lipinski definition) is 5. The highest BCUT2D eigenvalue weighted by molar-refractivity contribution is 5.91. The van der Waals surface area contributed by atoms with Gasteiger partial charge in [0.2, 0.25) is 0 Å². The first-order valence-electron chi connectivity index (χ1n) is 9.31. The van der Waals surface area contributed by atoms with Crippen LogP contribution in [0.3, 0.4) is 0 Å². The van der Waals surface area contributed by atoms with Gasteiger partial charge >= 0.3 is 0 Å². The van der Waals surface area contributed by atoms with Crippen LogP contribution in [-0.4, -0.2) is 37.3 Å². The van der Waals surface area contributed by atoms with Crippen molar-refractivity contribution in [3.05, 3.63) is 47.8 Å². The van der Waals surface area contributed by atoms with Gasteiger partial charge in [0.15, 0.2) is 0 Å². The maximum atomic E-state index is 9.71. The minimum atomic E-state index is 0.447. The van der Waals surface area contributed by atoms with Crippen molar-refractivity contribution in [1.29, 1.82) is 5.26 Å². The van der Waals surface area contributed by atoms with Crippen molar-refractivity contribution in [2.75, 3.05) is 32.2 Å². The minimum absolute atomic E-state index is 0.447. The van der Waals surface area contributed by atoms with Crippen LogP contribution in [0.2, 0.25) is 0 Å². The number of H-pyrrole nitrogens is 1. The molecule has 1 saturated heterocycles. The van der Waals surface area contributed by atoms with Gasteiger partial charge in [0.25, 0.3) is 0 Å². The topological polar surface area (TPSA) is 74.2 Å². The Morgan fingerprint density at radius 2 is 1.96 bits per heavy atom. The highest BCUT2D eigenvalue weighted by Gasteiger charge is 2.15. The number of nitrogens with zero attached hydrogens (tertiary/aromatic N) is 3. The molecule has 142 valence electrons. The van der Waals surface area contributed by atoms with Gasteiger partial charge < -0.3 is 19.4 Å². The number of aromatic amines is 1. The molecule has 0 bridgehead atoms. The molecule has 6 nitrogen and oxygen atoms in total. The van der Waals surface area contributed by atoms with Crippen LogP contribution in [0.1, 0.15) is 24.2 Å². The second-order valence-electron chi connectivity index (χ2n) is 6.76. The Bertz CT molecular complexity index is 1070. The number of fused-ring (bicyclic) bond motifs is 1. The van der Waals surface area contributed by atoms with E-state index < -0.39 is 0 Å². The van der Waals surface area contributed by atoms with Crippen LogP contribution >= 0.6 is 0 Å². The maximum Gasteiger partial charge on any atom is 0.149 e. The largest absolute Gasteiger partial charge is 0.497 e. The summed E-state index contributed by atoms with van der Waals surface area (Å²) >= 11 is 0. The Hall–Kier alpha value is -3.46. The van der Waals surface area contributed by atoms with Crippen molar-refractivity contribution in [2.45, 2.75) is 12.8 Å². The van der Waals surface area contributed by atoms with Gasteiger partial charge in [-0.1, -0.05) is 0 Å². The van der Waals surface area contributed by atoms with E-state index in [4.69, 9.17) is 9.47 Å². The van der Waals surface area contributed by atoms with E-state index in [0.29, 0.717) is 11.4 Å². The van der Waals surface area contributed by atoms with Gasteiger partial charge in [-0.2, -0.15) is 5.26 Å². The summed E-state index contributed by atoms with van der Waals surface area (Å²) in [5, 5.41) is 9.71. The normalized spacial score (nSPS) is 14.3. The Labute approximate surface area is 164 Å². The van der Waals surface area contributed by atoms with Crippen molar-refractivity contribution < 1.29 is 9.47 Å². The summed E-state index contributed by atoms with van der Waals surface area (Å²) in [6, 6.07) is 13.9. The first-order valence-corrected chi connectivity index (χ1v) is 9.31. The van der Waals surface area contributed by atoms with Gasteiger partial charge in [0, 0.05) is 36.5 Å². The predicted octanol–water partition coefficient (Wildman–Crippen LogP) is 4.24. The summed E-state index contributed by atoms with van der Waals surface area (Å²) in [6.45, 7) is 2.15. The predicted molar refractivity (Wildman–Crippen MR) is 111 cm³/mol. The second kappa shape index (κ2) is 7.65. The number of benzene rings is 2. The van der Waals surface area contributed by atoms with E-state index in [1.807, 2.05) is 36.4 Å². The number of nitriles is 1. The molecule has 2 heterocycles. The van der Waals surface area contributed by atoms with E-state index in [2.05, 4.69) is 27.0 Å². The molecule has 0 spiro atoms. The number of imidazole rings is 1. The average Bonchev–Trinajstić information content (AvgIpc) is 3.41. The van der Waals surface area contributed by atoms with E-state index >= 15 is 0 Å². The van der Waals surface area contributed by atoms with E-state index in [9.17, 15) is 5.26 Å². The third kappa shape index (κ3) is 3.39. The molecular formula is C22H22N4O2. The lowest BCUT2D eigenvalue weighted by atomic mass is 10.1. The van der Waals surface area contributed by atoms with Crippen LogP contribution in [0.5, 0.6) is 11.5 Å².